The maximum atomic E-state index is 13.7. The molecule has 2 amide bonds. The largest absolute Gasteiger partial charge is 0.273 e. The molecule has 2 aliphatic rings. The highest BCUT2D eigenvalue weighted by molar-refractivity contribution is 7.15. The molecule has 0 bridgehead atoms. The molecule has 0 spiro atoms. The zero-order valence-electron chi connectivity index (χ0n) is 18.8. The van der Waals surface area contributed by atoms with Crippen molar-refractivity contribution in [3.05, 3.63) is 112 Å². The van der Waals surface area contributed by atoms with Crippen molar-refractivity contribution < 1.29 is 19.3 Å². The first-order chi connectivity index (χ1) is 17.5. The standard InChI is InChI=1S/C27H19N3O5S/c31-26-23-24(22-16-15-21(36-22)17-11-13-20(14-12-17)30(33)34)29(19-9-5-2-6-10-19)35-25(23)27(32)28(26)18-7-3-1-4-8-18/h1-16,23-25H/t23-,24+,25-/m1/s1. The van der Waals surface area contributed by atoms with Gasteiger partial charge in [-0.2, -0.15) is 0 Å². The Morgan fingerprint density at radius 2 is 1.42 bits per heavy atom. The Bertz CT molecular complexity index is 1460. The lowest BCUT2D eigenvalue weighted by atomic mass is 9.95. The number of hydrogen-bond donors (Lipinski definition) is 0. The number of amides is 2. The number of hydrogen-bond acceptors (Lipinski definition) is 7. The van der Waals surface area contributed by atoms with Gasteiger partial charge in [0.1, 0.15) is 12.0 Å². The van der Waals surface area contributed by atoms with Crippen LogP contribution >= 0.6 is 11.3 Å². The smallest absolute Gasteiger partial charge is 0.269 e. The molecule has 2 aliphatic heterocycles. The number of benzene rings is 3. The van der Waals surface area contributed by atoms with E-state index in [0.717, 1.165) is 21.0 Å². The van der Waals surface area contributed by atoms with Gasteiger partial charge in [0, 0.05) is 21.9 Å². The van der Waals surface area contributed by atoms with Crippen molar-refractivity contribution >= 4 is 40.2 Å². The third kappa shape index (κ3) is 3.57. The van der Waals surface area contributed by atoms with E-state index in [1.165, 1.54) is 28.4 Å². The minimum Gasteiger partial charge on any atom is -0.273 e. The van der Waals surface area contributed by atoms with E-state index in [2.05, 4.69) is 0 Å². The van der Waals surface area contributed by atoms with Crippen LogP contribution in [-0.4, -0.2) is 22.8 Å². The number of carbonyl (C=O) groups excluding carboxylic acids is 2. The van der Waals surface area contributed by atoms with Crippen molar-refractivity contribution in [1.29, 1.82) is 0 Å². The third-order valence-corrected chi connectivity index (χ3v) is 7.63. The Morgan fingerprint density at radius 1 is 0.778 bits per heavy atom. The van der Waals surface area contributed by atoms with Gasteiger partial charge >= 0.3 is 0 Å². The van der Waals surface area contributed by atoms with Crippen molar-refractivity contribution in [2.24, 2.45) is 5.92 Å². The van der Waals surface area contributed by atoms with E-state index in [9.17, 15) is 19.7 Å². The van der Waals surface area contributed by atoms with Crippen molar-refractivity contribution in [2.75, 3.05) is 9.96 Å². The number of nitro benzene ring substituents is 1. The first-order valence-corrected chi connectivity index (χ1v) is 12.1. The summed E-state index contributed by atoms with van der Waals surface area (Å²) >= 11 is 1.47. The van der Waals surface area contributed by atoms with Crippen LogP contribution in [0.4, 0.5) is 17.1 Å². The van der Waals surface area contributed by atoms with E-state index in [0.29, 0.717) is 5.69 Å². The summed E-state index contributed by atoms with van der Waals surface area (Å²) in [6.07, 6.45) is -0.937. The maximum absolute atomic E-state index is 13.7. The first kappa shape index (κ1) is 22.1. The molecule has 2 saturated heterocycles. The molecule has 3 heterocycles. The molecule has 8 nitrogen and oxygen atoms in total. The molecule has 0 unspecified atom stereocenters. The third-order valence-electron chi connectivity index (χ3n) is 6.42. The van der Waals surface area contributed by atoms with E-state index >= 15 is 0 Å². The van der Waals surface area contributed by atoms with Gasteiger partial charge in [0.25, 0.3) is 11.6 Å². The average Bonchev–Trinajstić information content (AvgIpc) is 3.60. The lowest BCUT2D eigenvalue weighted by molar-refractivity contribution is -0.384. The van der Waals surface area contributed by atoms with E-state index in [1.54, 1.807) is 41.5 Å². The number of fused-ring (bicyclic) bond motifs is 1. The van der Waals surface area contributed by atoms with Gasteiger partial charge in [0.2, 0.25) is 5.91 Å². The van der Waals surface area contributed by atoms with Gasteiger partial charge in [-0.15, -0.1) is 11.3 Å². The zero-order chi connectivity index (χ0) is 24.8. The minimum atomic E-state index is -0.937. The number of hydroxylamine groups is 1. The summed E-state index contributed by atoms with van der Waals surface area (Å²) in [6.45, 7) is 0. The Labute approximate surface area is 210 Å². The summed E-state index contributed by atoms with van der Waals surface area (Å²) in [7, 11) is 0. The van der Waals surface area contributed by atoms with Gasteiger partial charge in [0.15, 0.2) is 6.10 Å². The van der Waals surface area contributed by atoms with Crippen LogP contribution in [0.3, 0.4) is 0 Å². The van der Waals surface area contributed by atoms with Gasteiger partial charge in [-0.3, -0.25) is 24.5 Å². The SMILES string of the molecule is O=C1[C@H]2[C@@H](ON(c3ccccc3)[C@H]2c2ccc(-c3ccc([N+](=O)[O-])cc3)s2)C(=O)N1c1ccccc1. The Kier molecular flexibility index (Phi) is 5.36. The lowest BCUT2D eigenvalue weighted by Gasteiger charge is -2.27. The number of rotatable bonds is 5. The second kappa shape index (κ2) is 8.71. The number of thiophene rings is 1. The van der Waals surface area contributed by atoms with Crippen LogP contribution in [0.2, 0.25) is 0 Å². The monoisotopic (exact) mass is 497 g/mol. The molecule has 0 radical (unpaired) electrons. The van der Waals surface area contributed by atoms with Crippen LogP contribution in [-0.2, 0) is 14.4 Å². The molecule has 4 aromatic rings. The summed E-state index contributed by atoms with van der Waals surface area (Å²) in [5, 5.41) is 12.7. The molecule has 1 aromatic heterocycles. The second-order valence-electron chi connectivity index (χ2n) is 8.51. The molecule has 9 heteroatoms. The maximum Gasteiger partial charge on any atom is 0.269 e. The van der Waals surface area contributed by atoms with Crippen molar-refractivity contribution in [3.8, 4) is 10.4 Å². The molecular formula is C27H19N3O5S. The minimum absolute atomic E-state index is 0.0221. The fraction of sp³-hybridized carbons (Fsp3) is 0.111. The number of para-hydroxylation sites is 2. The highest BCUT2D eigenvalue weighted by Crippen LogP contribution is 2.49. The number of anilines is 2. The number of non-ortho nitro benzene ring substituents is 1. The van der Waals surface area contributed by atoms with Crippen molar-refractivity contribution in [2.45, 2.75) is 12.1 Å². The lowest BCUT2D eigenvalue weighted by Crippen LogP contribution is -2.37. The molecule has 0 aliphatic carbocycles. The van der Waals surface area contributed by atoms with Crippen LogP contribution in [0, 0.1) is 16.0 Å². The van der Waals surface area contributed by atoms with E-state index in [-0.39, 0.29) is 17.5 Å². The highest BCUT2D eigenvalue weighted by atomic mass is 32.1. The van der Waals surface area contributed by atoms with Gasteiger partial charge in [0.05, 0.1) is 16.3 Å². The number of nitro groups is 1. The number of carbonyl (C=O) groups is 2. The molecule has 6 rings (SSSR count). The predicted octanol–water partition coefficient (Wildman–Crippen LogP) is 5.37. The number of imide groups is 1. The Hall–Kier alpha value is -4.34. The van der Waals surface area contributed by atoms with Gasteiger partial charge in [-0.25, -0.2) is 9.96 Å². The first-order valence-electron chi connectivity index (χ1n) is 11.3. The summed E-state index contributed by atoms with van der Waals surface area (Å²) < 4.78 is 0. The molecule has 3 aromatic carbocycles. The fourth-order valence-corrected chi connectivity index (χ4v) is 5.89. The van der Waals surface area contributed by atoms with Crippen LogP contribution in [0.5, 0.6) is 0 Å². The van der Waals surface area contributed by atoms with E-state index in [4.69, 9.17) is 4.84 Å². The summed E-state index contributed by atoms with van der Waals surface area (Å²) in [4.78, 5) is 46.8. The second-order valence-corrected chi connectivity index (χ2v) is 9.63. The Morgan fingerprint density at radius 3 is 2.06 bits per heavy atom. The molecule has 178 valence electrons. The summed E-state index contributed by atoms with van der Waals surface area (Å²) in [5.74, 6) is -1.40. The Balaban J connectivity index is 1.40. The van der Waals surface area contributed by atoms with Crippen LogP contribution in [0.25, 0.3) is 10.4 Å². The summed E-state index contributed by atoms with van der Waals surface area (Å²) in [5.41, 5.74) is 2.12. The molecule has 36 heavy (non-hydrogen) atoms. The quantitative estimate of drug-likeness (QED) is 0.209. The fourth-order valence-electron chi connectivity index (χ4n) is 4.75. The van der Waals surface area contributed by atoms with Crippen LogP contribution in [0.15, 0.2) is 97.1 Å². The highest BCUT2D eigenvalue weighted by Gasteiger charge is 2.60. The average molecular weight is 498 g/mol. The molecule has 2 fully saturated rings. The van der Waals surface area contributed by atoms with E-state index < -0.39 is 23.0 Å². The zero-order valence-corrected chi connectivity index (χ0v) is 19.6. The topological polar surface area (TPSA) is 93.0 Å². The van der Waals surface area contributed by atoms with E-state index in [1.807, 2.05) is 48.5 Å². The normalized spacial score (nSPS) is 21.2. The van der Waals surface area contributed by atoms with Gasteiger partial charge in [-0.1, -0.05) is 36.4 Å². The summed E-state index contributed by atoms with van der Waals surface area (Å²) in [6, 6.07) is 28.0. The molecular weight excluding hydrogens is 478 g/mol. The van der Waals surface area contributed by atoms with Crippen LogP contribution in [0.1, 0.15) is 10.9 Å². The molecule has 3 atom stereocenters. The number of nitrogens with zero attached hydrogens (tertiary/aromatic N) is 3. The van der Waals surface area contributed by atoms with Crippen LogP contribution < -0.4 is 9.96 Å². The molecule has 0 N–H and O–H groups in total. The van der Waals surface area contributed by atoms with Crippen molar-refractivity contribution in [3.63, 3.8) is 0 Å². The van der Waals surface area contributed by atoms with Crippen molar-refractivity contribution in [1.82, 2.24) is 0 Å². The predicted molar refractivity (Wildman–Crippen MR) is 135 cm³/mol. The molecule has 0 saturated carbocycles. The van der Waals surface area contributed by atoms with Gasteiger partial charge in [-0.05, 0) is 54.1 Å². The van der Waals surface area contributed by atoms with Gasteiger partial charge < -0.3 is 0 Å².